The van der Waals surface area contributed by atoms with Crippen LogP contribution in [0.15, 0.2) is 30.4 Å². The van der Waals surface area contributed by atoms with E-state index in [4.69, 9.17) is 0 Å². The van der Waals surface area contributed by atoms with Crippen LogP contribution >= 0.6 is 0 Å². The fraction of sp³-hybridized carbons (Fsp3) is 0.538. The second-order valence-electron chi connectivity index (χ2n) is 3.44. The first-order valence-electron chi connectivity index (χ1n) is 5.37. The van der Waals surface area contributed by atoms with Crippen LogP contribution in [0.4, 0.5) is 0 Å². The highest BCUT2D eigenvalue weighted by Crippen LogP contribution is 2.05. The van der Waals surface area contributed by atoms with Crippen molar-refractivity contribution in [1.29, 1.82) is 0 Å². The predicted molar refractivity (Wildman–Crippen MR) is 58.4 cm³/mol. The Balaban J connectivity index is 2.28. The van der Waals surface area contributed by atoms with Crippen LogP contribution in [0.2, 0.25) is 0 Å². The standard InChI is InChI=1S/C13H19/c1-2-4-6-8-10-12-13-11-9-7-5-3-1/h1-4,12H,5-9,11,13H2/b3-1+,4-2-,12-10?. The van der Waals surface area contributed by atoms with Gasteiger partial charge in [-0.1, -0.05) is 36.8 Å². The average Bonchev–Trinajstić information content (AvgIpc) is 2.18. The minimum absolute atomic E-state index is 1.07. The van der Waals surface area contributed by atoms with Crippen LogP contribution in [0.3, 0.4) is 0 Å². The maximum Gasteiger partial charge on any atom is -0.0245 e. The van der Waals surface area contributed by atoms with Gasteiger partial charge in [-0.15, -0.1) is 0 Å². The summed E-state index contributed by atoms with van der Waals surface area (Å²) in [6.07, 6.45) is 23.0. The van der Waals surface area contributed by atoms with Gasteiger partial charge in [-0.05, 0) is 44.6 Å². The lowest BCUT2D eigenvalue weighted by Crippen LogP contribution is -1.74. The molecule has 1 radical (unpaired) electrons. The Hall–Kier alpha value is -0.780. The van der Waals surface area contributed by atoms with Gasteiger partial charge in [0.15, 0.2) is 0 Å². The lowest BCUT2D eigenvalue weighted by molar-refractivity contribution is 0.694. The van der Waals surface area contributed by atoms with E-state index in [2.05, 4.69) is 36.5 Å². The molecule has 1 aliphatic rings. The molecule has 0 saturated heterocycles. The lowest BCUT2D eigenvalue weighted by atomic mass is 10.1. The van der Waals surface area contributed by atoms with Crippen molar-refractivity contribution in [1.82, 2.24) is 0 Å². The van der Waals surface area contributed by atoms with Crippen molar-refractivity contribution in [3.8, 4) is 0 Å². The summed E-state index contributed by atoms with van der Waals surface area (Å²) in [4.78, 5) is 0. The zero-order valence-corrected chi connectivity index (χ0v) is 8.34. The van der Waals surface area contributed by atoms with Crippen LogP contribution in [-0.2, 0) is 0 Å². The molecule has 0 saturated carbocycles. The Bertz CT molecular complexity index is 184. The first kappa shape index (κ1) is 10.3. The van der Waals surface area contributed by atoms with E-state index in [0.717, 1.165) is 12.8 Å². The largest absolute Gasteiger partial charge is 0.0845 e. The summed E-state index contributed by atoms with van der Waals surface area (Å²) in [6.45, 7) is 0. The van der Waals surface area contributed by atoms with Crippen LogP contribution in [0.25, 0.3) is 0 Å². The molecule has 13 heavy (non-hydrogen) atoms. The Labute approximate surface area is 82.0 Å². The van der Waals surface area contributed by atoms with Gasteiger partial charge in [0.2, 0.25) is 0 Å². The molecule has 0 nitrogen and oxygen atoms in total. The second-order valence-corrected chi connectivity index (χ2v) is 3.44. The first-order chi connectivity index (χ1) is 6.50. The van der Waals surface area contributed by atoms with E-state index >= 15 is 0 Å². The molecule has 0 aromatic carbocycles. The van der Waals surface area contributed by atoms with Gasteiger partial charge in [0.05, 0.1) is 0 Å². The first-order valence-corrected chi connectivity index (χ1v) is 5.37. The van der Waals surface area contributed by atoms with E-state index in [-0.39, 0.29) is 0 Å². The van der Waals surface area contributed by atoms with Crippen LogP contribution in [0, 0.1) is 6.08 Å². The quantitative estimate of drug-likeness (QED) is 0.517. The van der Waals surface area contributed by atoms with E-state index in [1.54, 1.807) is 0 Å². The Morgan fingerprint density at radius 1 is 0.769 bits per heavy atom. The molecular weight excluding hydrogens is 156 g/mol. The normalized spacial score (nSPS) is 27.7. The fourth-order valence-corrected chi connectivity index (χ4v) is 1.41. The molecule has 0 aliphatic heterocycles. The number of rotatable bonds is 0. The predicted octanol–water partition coefficient (Wildman–Crippen LogP) is 4.20. The molecule has 0 aromatic rings. The minimum atomic E-state index is 1.07. The summed E-state index contributed by atoms with van der Waals surface area (Å²) in [5.41, 5.74) is 0. The van der Waals surface area contributed by atoms with Gasteiger partial charge in [0, 0.05) is 0 Å². The molecule has 0 amide bonds. The molecule has 0 heteroatoms. The van der Waals surface area contributed by atoms with Gasteiger partial charge in [-0.3, -0.25) is 0 Å². The number of hydrogen-bond acceptors (Lipinski definition) is 0. The molecule has 1 rings (SSSR count). The van der Waals surface area contributed by atoms with Crippen molar-refractivity contribution < 1.29 is 0 Å². The van der Waals surface area contributed by atoms with E-state index < -0.39 is 0 Å². The number of allylic oxidation sites excluding steroid dienone is 6. The monoisotopic (exact) mass is 175 g/mol. The third-order valence-electron chi connectivity index (χ3n) is 2.20. The molecule has 0 aromatic heterocycles. The molecular formula is C13H19. The molecule has 0 fully saturated rings. The zero-order chi connectivity index (χ0) is 9.19. The van der Waals surface area contributed by atoms with E-state index in [1.165, 1.54) is 32.1 Å². The molecule has 0 atom stereocenters. The maximum absolute atomic E-state index is 3.32. The van der Waals surface area contributed by atoms with Crippen LogP contribution in [-0.4, -0.2) is 0 Å². The Kier molecular flexibility index (Phi) is 6.22. The topological polar surface area (TPSA) is 0 Å². The molecule has 0 N–H and O–H groups in total. The average molecular weight is 175 g/mol. The number of hydrogen-bond donors (Lipinski definition) is 0. The molecule has 0 unspecified atom stereocenters. The molecule has 0 bridgehead atoms. The Morgan fingerprint density at radius 3 is 2.46 bits per heavy atom. The van der Waals surface area contributed by atoms with E-state index in [0.29, 0.717) is 0 Å². The zero-order valence-electron chi connectivity index (χ0n) is 8.34. The highest BCUT2D eigenvalue weighted by molar-refractivity contribution is 5.02. The van der Waals surface area contributed by atoms with Crippen molar-refractivity contribution in [2.24, 2.45) is 0 Å². The third-order valence-corrected chi connectivity index (χ3v) is 2.20. The van der Waals surface area contributed by atoms with E-state index in [1.807, 2.05) is 0 Å². The van der Waals surface area contributed by atoms with E-state index in [9.17, 15) is 0 Å². The lowest BCUT2D eigenvalue weighted by Gasteiger charge is -1.94. The highest BCUT2D eigenvalue weighted by atomic mass is 13.9. The molecule has 0 spiro atoms. The summed E-state index contributed by atoms with van der Waals surface area (Å²) in [5, 5.41) is 0. The van der Waals surface area contributed by atoms with Gasteiger partial charge in [-0.25, -0.2) is 0 Å². The van der Waals surface area contributed by atoms with Crippen LogP contribution in [0.5, 0.6) is 0 Å². The summed E-state index contributed by atoms with van der Waals surface area (Å²) in [7, 11) is 0. The highest BCUT2D eigenvalue weighted by Gasteiger charge is 1.86. The van der Waals surface area contributed by atoms with Gasteiger partial charge in [0.25, 0.3) is 0 Å². The summed E-state index contributed by atoms with van der Waals surface area (Å²) in [6, 6.07) is 0. The fourth-order valence-electron chi connectivity index (χ4n) is 1.41. The third kappa shape index (κ3) is 6.39. The van der Waals surface area contributed by atoms with Crippen molar-refractivity contribution in [2.45, 2.75) is 44.9 Å². The molecule has 0 heterocycles. The van der Waals surface area contributed by atoms with Crippen molar-refractivity contribution >= 4 is 0 Å². The second kappa shape index (κ2) is 7.85. The summed E-state index contributed by atoms with van der Waals surface area (Å²) >= 11 is 0. The van der Waals surface area contributed by atoms with Gasteiger partial charge in [0.1, 0.15) is 0 Å². The molecule has 71 valence electrons. The Morgan fingerprint density at radius 2 is 1.54 bits per heavy atom. The summed E-state index contributed by atoms with van der Waals surface area (Å²) in [5.74, 6) is 0. The minimum Gasteiger partial charge on any atom is -0.0845 e. The SMILES string of the molecule is [C]1=C/CCCCC/C=C/C=C\CC/1. The van der Waals surface area contributed by atoms with Gasteiger partial charge in [-0.2, -0.15) is 0 Å². The van der Waals surface area contributed by atoms with Gasteiger partial charge >= 0.3 is 0 Å². The maximum atomic E-state index is 3.32. The van der Waals surface area contributed by atoms with Crippen LogP contribution in [0.1, 0.15) is 44.9 Å². The molecule has 1 aliphatic carbocycles. The van der Waals surface area contributed by atoms with Crippen LogP contribution < -0.4 is 0 Å². The van der Waals surface area contributed by atoms with Crippen molar-refractivity contribution in [3.05, 3.63) is 36.5 Å². The van der Waals surface area contributed by atoms with Gasteiger partial charge < -0.3 is 0 Å². The summed E-state index contributed by atoms with van der Waals surface area (Å²) < 4.78 is 0. The van der Waals surface area contributed by atoms with Crippen molar-refractivity contribution in [3.63, 3.8) is 0 Å². The van der Waals surface area contributed by atoms with Crippen molar-refractivity contribution in [2.75, 3.05) is 0 Å². The smallest absolute Gasteiger partial charge is 0.0245 e.